The van der Waals surface area contributed by atoms with Crippen molar-refractivity contribution in [2.75, 3.05) is 25.0 Å². The lowest BCUT2D eigenvalue weighted by atomic mass is 10.1. The number of nitrogens with one attached hydrogen (secondary N) is 1. The van der Waals surface area contributed by atoms with E-state index in [0.717, 1.165) is 23.5 Å². The molecule has 31 heavy (non-hydrogen) atoms. The van der Waals surface area contributed by atoms with Crippen LogP contribution in [0.25, 0.3) is 0 Å². The Morgan fingerprint density at radius 2 is 1.87 bits per heavy atom. The number of amides is 2. The van der Waals surface area contributed by atoms with Crippen molar-refractivity contribution in [3.05, 3.63) is 54.9 Å². The van der Waals surface area contributed by atoms with Crippen molar-refractivity contribution in [2.45, 2.75) is 27.7 Å². The summed E-state index contributed by atoms with van der Waals surface area (Å²) in [5.74, 6) is -1.60. The quantitative estimate of drug-likeness (QED) is 0.346. The molecule has 0 spiro atoms. The summed E-state index contributed by atoms with van der Waals surface area (Å²) in [6, 6.07) is 3.45. The lowest BCUT2D eigenvalue weighted by molar-refractivity contribution is -0.384. The Morgan fingerprint density at radius 1 is 1.23 bits per heavy atom. The summed E-state index contributed by atoms with van der Waals surface area (Å²) in [5.41, 5.74) is 0.233. The first kappa shape index (κ1) is 24.3. The minimum Gasteiger partial charge on any atom is -0.462 e. The average Bonchev–Trinajstić information content (AvgIpc) is 3.04. The number of thiophene rings is 1. The number of rotatable bonds is 8. The number of halogens is 1. The summed E-state index contributed by atoms with van der Waals surface area (Å²) >= 11 is 7.01. The van der Waals surface area contributed by atoms with E-state index in [1.165, 1.54) is 6.07 Å². The molecule has 2 amide bonds. The van der Waals surface area contributed by atoms with Gasteiger partial charge in [-0.1, -0.05) is 11.6 Å². The maximum Gasteiger partial charge on any atom is 0.341 e. The molecule has 1 N–H and O–H groups in total. The van der Waals surface area contributed by atoms with Crippen molar-refractivity contribution in [2.24, 2.45) is 0 Å². The van der Waals surface area contributed by atoms with Gasteiger partial charge in [-0.15, -0.1) is 11.3 Å². The first-order valence-corrected chi connectivity index (χ1v) is 10.7. The molecule has 166 valence electrons. The summed E-state index contributed by atoms with van der Waals surface area (Å²) < 4.78 is 5.10. The van der Waals surface area contributed by atoms with Crippen LogP contribution < -0.4 is 5.32 Å². The van der Waals surface area contributed by atoms with Gasteiger partial charge in [-0.2, -0.15) is 0 Å². The molecule has 0 aliphatic carbocycles. The third kappa shape index (κ3) is 5.20. The minimum atomic E-state index is -0.673. The van der Waals surface area contributed by atoms with Gasteiger partial charge in [0.05, 0.1) is 32.6 Å². The molecule has 2 rings (SSSR count). The standard InChI is InChI=1S/C20H22ClN3O6S/c1-5-23(6-2)19(26)16-11(4)15(20(27)30-7-3)18(31-16)22-17(25)13-9-8-12(24(28)29)10-14(13)21/h8-10H,5-7H2,1-4H3,(H,22,25). The number of hydrogen-bond acceptors (Lipinski definition) is 7. The van der Waals surface area contributed by atoms with E-state index in [1.54, 1.807) is 18.7 Å². The van der Waals surface area contributed by atoms with Crippen LogP contribution in [0.15, 0.2) is 18.2 Å². The summed E-state index contributed by atoms with van der Waals surface area (Å²) in [7, 11) is 0. The van der Waals surface area contributed by atoms with Crippen LogP contribution in [0.2, 0.25) is 5.02 Å². The third-order valence-corrected chi connectivity index (χ3v) is 6.01. The number of benzene rings is 1. The van der Waals surface area contributed by atoms with Crippen LogP contribution >= 0.6 is 22.9 Å². The normalized spacial score (nSPS) is 10.5. The Balaban J connectivity index is 2.48. The van der Waals surface area contributed by atoms with Crippen molar-refractivity contribution in [3.8, 4) is 0 Å². The van der Waals surface area contributed by atoms with Gasteiger partial charge in [0.1, 0.15) is 5.00 Å². The third-order valence-electron chi connectivity index (χ3n) is 4.51. The number of ether oxygens (including phenoxy) is 1. The lowest BCUT2D eigenvalue weighted by Gasteiger charge is -2.18. The largest absolute Gasteiger partial charge is 0.462 e. The highest BCUT2D eigenvalue weighted by atomic mass is 35.5. The number of nitro benzene ring substituents is 1. The molecule has 1 aromatic carbocycles. The highest BCUT2D eigenvalue weighted by molar-refractivity contribution is 7.18. The molecule has 1 heterocycles. The Morgan fingerprint density at radius 3 is 2.39 bits per heavy atom. The van der Waals surface area contributed by atoms with Crippen molar-refractivity contribution < 1.29 is 24.0 Å². The maximum atomic E-state index is 12.9. The molecule has 0 radical (unpaired) electrons. The molecule has 0 atom stereocenters. The molecule has 0 unspecified atom stereocenters. The number of nitro groups is 1. The van der Waals surface area contributed by atoms with E-state index in [0.29, 0.717) is 23.5 Å². The van der Waals surface area contributed by atoms with Crippen molar-refractivity contribution in [3.63, 3.8) is 0 Å². The molecule has 11 heteroatoms. The number of anilines is 1. The minimum absolute atomic E-state index is 0.00949. The second-order valence-electron chi connectivity index (χ2n) is 6.33. The van der Waals surface area contributed by atoms with Crippen LogP contribution in [-0.4, -0.2) is 47.3 Å². The van der Waals surface area contributed by atoms with Gasteiger partial charge in [0, 0.05) is 25.2 Å². The van der Waals surface area contributed by atoms with E-state index in [9.17, 15) is 24.5 Å². The van der Waals surface area contributed by atoms with Crippen LogP contribution in [0.1, 0.15) is 56.7 Å². The van der Waals surface area contributed by atoms with Crippen LogP contribution in [0, 0.1) is 17.0 Å². The second-order valence-corrected chi connectivity index (χ2v) is 7.76. The van der Waals surface area contributed by atoms with Crippen molar-refractivity contribution >= 4 is 51.4 Å². The van der Waals surface area contributed by atoms with Crippen molar-refractivity contribution in [1.29, 1.82) is 0 Å². The smallest absolute Gasteiger partial charge is 0.341 e. The molecule has 0 saturated heterocycles. The molecule has 2 aromatic rings. The highest BCUT2D eigenvalue weighted by Crippen LogP contribution is 2.35. The highest BCUT2D eigenvalue weighted by Gasteiger charge is 2.29. The first-order valence-electron chi connectivity index (χ1n) is 9.51. The summed E-state index contributed by atoms with van der Waals surface area (Å²) in [6.07, 6.45) is 0. The van der Waals surface area contributed by atoms with Gasteiger partial charge in [0.2, 0.25) is 0 Å². The Labute approximate surface area is 188 Å². The van der Waals surface area contributed by atoms with Gasteiger partial charge < -0.3 is 15.0 Å². The zero-order chi connectivity index (χ0) is 23.3. The molecule has 1 aromatic heterocycles. The molecular formula is C20H22ClN3O6S. The zero-order valence-corrected chi connectivity index (χ0v) is 19.1. The maximum absolute atomic E-state index is 12.9. The SMILES string of the molecule is CCOC(=O)c1c(NC(=O)c2ccc([N+](=O)[O-])cc2Cl)sc(C(=O)N(CC)CC)c1C. The van der Waals surface area contributed by atoms with Crippen LogP contribution in [0.3, 0.4) is 0 Å². The molecule has 0 bridgehead atoms. The van der Waals surface area contributed by atoms with Crippen molar-refractivity contribution in [1.82, 2.24) is 4.90 Å². The average molecular weight is 468 g/mol. The van der Waals surface area contributed by atoms with Gasteiger partial charge in [-0.3, -0.25) is 19.7 Å². The number of hydrogen-bond donors (Lipinski definition) is 1. The van der Waals surface area contributed by atoms with E-state index in [2.05, 4.69) is 5.32 Å². The molecule has 9 nitrogen and oxygen atoms in total. The predicted octanol–water partition coefficient (Wildman–Crippen LogP) is 4.53. The number of carbonyl (C=O) groups excluding carboxylic acids is 3. The van der Waals surface area contributed by atoms with E-state index in [4.69, 9.17) is 16.3 Å². The van der Waals surface area contributed by atoms with Crippen LogP contribution in [0.4, 0.5) is 10.7 Å². The Kier molecular flexibility index (Phi) is 8.12. The van der Waals surface area contributed by atoms with Gasteiger partial charge in [0.25, 0.3) is 17.5 Å². The molecule has 0 aliphatic heterocycles. The number of nitrogens with zero attached hydrogens (tertiary/aromatic N) is 2. The number of esters is 1. The number of carbonyl (C=O) groups is 3. The fourth-order valence-corrected chi connectivity index (χ4v) is 4.30. The van der Waals surface area contributed by atoms with Crippen LogP contribution in [0.5, 0.6) is 0 Å². The fourth-order valence-electron chi connectivity index (χ4n) is 2.88. The van der Waals surface area contributed by atoms with Gasteiger partial charge >= 0.3 is 5.97 Å². The van der Waals surface area contributed by atoms with E-state index in [1.807, 2.05) is 13.8 Å². The number of non-ortho nitro benzene ring substituents is 1. The molecule has 0 fully saturated rings. The van der Waals surface area contributed by atoms with E-state index < -0.39 is 16.8 Å². The van der Waals surface area contributed by atoms with Crippen LogP contribution in [-0.2, 0) is 4.74 Å². The molecular weight excluding hydrogens is 446 g/mol. The lowest BCUT2D eigenvalue weighted by Crippen LogP contribution is -2.30. The van der Waals surface area contributed by atoms with Gasteiger partial charge in [-0.25, -0.2) is 4.79 Å². The zero-order valence-electron chi connectivity index (χ0n) is 17.5. The topological polar surface area (TPSA) is 119 Å². The Hall–Kier alpha value is -2.98. The summed E-state index contributed by atoms with van der Waals surface area (Å²) in [5, 5.41) is 13.5. The van der Waals surface area contributed by atoms with Gasteiger partial charge in [0.15, 0.2) is 0 Å². The summed E-state index contributed by atoms with van der Waals surface area (Å²) in [6.45, 7) is 8.05. The van der Waals surface area contributed by atoms with E-state index in [-0.39, 0.29) is 39.4 Å². The summed E-state index contributed by atoms with van der Waals surface area (Å²) in [4.78, 5) is 50.4. The molecule has 0 saturated carbocycles. The molecule has 0 aliphatic rings. The Bertz CT molecular complexity index is 1030. The van der Waals surface area contributed by atoms with Gasteiger partial charge in [-0.05, 0) is 39.3 Å². The first-order chi connectivity index (χ1) is 14.7. The monoisotopic (exact) mass is 467 g/mol. The fraction of sp³-hybridized carbons (Fsp3) is 0.350. The predicted molar refractivity (Wildman–Crippen MR) is 118 cm³/mol. The second kappa shape index (κ2) is 10.4. The van der Waals surface area contributed by atoms with E-state index >= 15 is 0 Å².